The van der Waals surface area contributed by atoms with E-state index in [4.69, 9.17) is 0 Å². The zero-order chi connectivity index (χ0) is 36.3. The van der Waals surface area contributed by atoms with Gasteiger partial charge in [0.15, 0.2) is 0 Å². The molecule has 6 heterocycles. The summed E-state index contributed by atoms with van der Waals surface area (Å²) in [7, 11) is 0. The summed E-state index contributed by atoms with van der Waals surface area (Å²) >= 11 is 0. The number of hydrogen-bond donors (Lipinski definition) is 0. The molecule has 6 nitrogen and oxygen atoms in total. The number of rotatable bonds is 4. The van der Waals surface area contributed by atoms with Gasteiger partial charge in [0, 0.05) is 88.1 Å². The SMILES string of the molecule is C.CC(C)N1CCC2CCCCC2C1.CC(C)N1CCCC2CCCCC21.CC(C)N1CCN2CCCC2C1.CC(C)N1CCN2CCCCC2C1. The lowest BCUT2D eigenvalue weighted by Gasteiger charge is -2.46. The van der Waals surface area contributed by atoms with E-state index in [9.17, 15) is 0 Å². The van der Waals surface area contributed by atoms with Gasteiger partial charge in [0.25, 0.3) is 0 Å². The Bertz CT molecular complexity index is 910. The number of hydrogen-bond acceptors (Lipinski definition) is 6. The van der Waals surface area contributed by atoms with Gasteiger partial charge in [-0.2, -0.15) is 0 Å². The third kappa shape index (κ3) is 12.9. The standard InChI is InChI=1S/2C12H23N.C11H22N2.C10H20N2.CH4/c1-10(2)13-9-5-7-11-6-3-4-8-12(11)13;1-10(2)13-8-7-11-5-3-4-6-12(11)9-13;1-10(2)13-8-7-12-6-4-3-5-11(12)9-13;1-9(2)12-7-6-11-5-3-4-10(11)8-12;/h2*10-12H,3-9H2,1-2H3;10-11H,3-9H2,1-2H3;9-10H,3-8H2,1-2H3;1H4. The van der Waals surface area contributed by atoms with Crippen LogP contribution in [0.2, 0.25) is 0 Å². The maximum atomic E-state index is 2.76. The third-order valence-electron chi connectivity index (χ3n) is 15.0. The number of fused-ring (bicyclic) bond motifs is 4. The highest BCUT2D eigenvalue weighted by atomic mass is 15.3. The number of likely N-dealkylation sites (tertiary alicyclic amines) is 2. The average Bonchev–Trinajstić information content (AvgIpc) is 3.63. The summed E-state index contributed by atoms with van der Waals surface area (Å²) in [5.41, 5.74) is 0. The van der Waals surface area contributed by atoms with E-state index in [1.54, 1.807) is 0 Å². The molecule has 0 aromatic rings. The molecule has 0 aromatic carbocycles. The first-order valence-corrected chi connectivity index (χ1v) is 23.1. The van der Waals surface area contributed by atoms with E-state index in [2.05, 4.69) is 84.8 Å². The van der Waals surface area contributed by atoms with Crippen molar-refractivity contribution in [3.05, 3.63) is 0 Å². The summed E-state index contributed by atoms with van der Waals surface area (Å²) < 4.78 is 0. The second-order valence-electron chi connectivity index (χ2n) is 19.5. The van der Waals surface area contributed by atoms with Crippen LogP contribution in [-0.2, 0) is 0 Å². The Labute approximate surface area is 326 Å². The molecule has 2 saturated carbocycles. The first kappa shape index (κ1) is 44.5. The van der Waals surface area contributed by atoms with Crippen molar-refractivity contribution in [2.75, 3.05) is 72.0 Å². The van der Waals surface area contributed by atoms with Crippen LogP contribution in [0.5, 0.6) is 0 Å². The van der Waals surface area contributed by atoms with E-state index in [-0.39, 0.29) is 7.43 Å². The van der Waals surface area contributed by atoms with Crippen LogP contribution in [0.4, 0.5) is 0 Å². The molecule has 6 unspecified atom stereocenters. The lowest BCUT2D eigenvalue weighted by Crippen LogP contribution is -2.56. The topological polar surface area (TPSA) is 19.4 Å². The molecule has 306 valence electrons. The van der Waals surface area contributed by atoms with Crippen molar-refractivity contribution in [3.63, 3.8) is 0 Å². The van der Waals surface area contributed by atoms with E-state index in [0.29, 0.717) is 0 Å². The summed E-state index contributed by atoms with van der Waals surface area (Å²) in [6.07, 6.45) is 23.6. The smallest absolute Gasteiger partial charge is 0.0224 e. The number of nitrogens with zero attached hydrogens (tertiary/aromatic N) is 6. The molecule has 0 radical (unpaired) electrons. The second-order valence-corrected chi connectivity index (χ2v) is 19.5. The Morgan fingerprint density at radius 3 is 1.40 bits per heavy atom. The molecule has 2 aliphatic carbocycles. The monoisotopic (exact) mass is 729 g/mol. The predicted octanol–water partition coefficient (Wildman–Crippen LogP) is 9.33. The Morgan fingerprint density at radius 1 is 0.346 bits per heavy atom. The summed E-state index contributed by atoms with van der Waals surface area (Å²) in [5.74, 6) is 3.18. The van der Waals surface area contributed by atoms with E-state index in [1.807, 2.05) is 0 Å². The summed E-state index contributed by atoms with van der Waals surface area (Å²) in [5, 5.41) is 0. The lowest BCUT2D eigenvalue weighted by molar-refractivity contribution is 0.0348. The molecule has 6 heteroatoms. The highest BCUT2D eigenvalue weighted by Crippen LogP contribution is 2.37. The first-order chi connectivity index (χ1) is 24.6. The zero-order valence-electron chi connectivity index (χ0n) is 35.5. The molecule has 8 rings (SSSR count). The molecular formula is C46H92N6. The Morgan fingerprint density at radius 2 is 0.808 bits per heavy atom. The van der Waals surface area contributed by atoms with Gasteiger partial charge in [0.2, 0.25) is 0 Å². The van der Waals surface area contributed by atoms with Gasteiger partial charge in [0.05, 0.1) is 0 Å². The van der Waals surface area contributed by atoms with Crippen molar-refractivity contribution in [1.82, 2.24) is 29.4 Å². The normalized spacial score (nSPS) is 33.7. The fourth-order valence-electron chi connectivity index (χ4n) is 11.5. The quantitative estimate of drug-likeness (QED) is 0.286. The van der Waals surface area contributed by atoms with Gasteiger partial charge in [-0.25, -0.2) is 0 Å². The average molecular weight is 729 g/mol. The Hall–Kier alpha value is -0.240. The highest BCUT2D eigenvalue weighted by Gasteiger charge is 2.35. The Kier molecular flexibility index (Phi) is 19.2. The molecule has 6 saturated heterocycles. The van der Waals surface area contributed by atoms with Crippen molar-refractivity contribution in [1.29, 1.82) is 0 Å². The van der Waals surface area contributed by atoms with Gasteiger partial charge in [-0.1, -0.05) is 46.0 Å². The highest BCUT2D eigenvalue weighted by molar-refractivity contribution is 4.90. The largest absolute Gasteiger partial charge is 0.301 e. The first-order valence-electron chi connectivity index (χ1n) is 23.1. The minimum atomic E-state index is 0. The summed E-state index contributed by atoms with van der Waals surface area (Å²) in [6.45, 7) is 33.3. The van der Waals surface area contributed by atoms with Gasteiger partial charge in [0.1, 0.15) is 0 Å². The van der Waals surface area contributed by atoms with Crippen LogP contribution in [0.25, 0.3) is 0 Å². The van der Waals surface area contributed by atoms with E-state index in [1.165, 1.54) is 175 Å². The van der Waals surface area contributed by atoms with Crippen LogP contribution in [0.3, 0.4) is 0 Å². The fourth-order valence-corrected chi connectivity index (χ4v) is 11.5. The maximum absolute atomic E-state index is 2.76. The zero-order valence-corrected chi connectivity index (χ0v) is 35.5. The van der Waals surface area contributed by atoms with Crippen LogP contribution in [0.1, 0.15) is 166 Å². The maximum Gasteiger partial charge on any atom is 0.0224 e. The number of piperazine rings is 2. The summed E-state index contributed by atoms with van der Waals surface area (Å²) in [4.78, 5) is 16.0. The van der Waals surface area contributed by atoms with Crippen LogP contribution in [-0.4, -0.2) is 144 Å². The van der Waals surface area contributed by atoms with Crippen LogP contribution in [0.15, 0.2) is 0 Å². The molecule has 0 aromatic heterocycles. The van der Waals surface area contributed by atoms with Crippen LogP contribution < -0.4 is 0 Å². The van der Waals surface area contributed by atoms with E-state index < -0.39 is 0 Å². The fraction of sp³-hybridized carbons (Fsp3) is 1.00. The molecule has 0 amide bonds. The lowest BCUT2D eigenvalue weighted by atomic mass is 9.75. The molecule has 52 heavy (non-hydrogen) atoms. The van der Waals surface area contributed by atoms with Crippen molar-refractivity contribution < 1.29 is 0 Å². The van der Waals surface area contributed by atoms with E-state index >= 15 is 0 Å². The van der Waals surface area contributed by atoms with Gasteiger partial charge < -0.3 is 4.90 Å². The van der Waals surface area contributed by atoms with Crippen LogP contribution in [0, 0.1) is 17.8 Å². The minimum absolute atomic E-state index is 0. The van der Waals surface area contributed by atoms with Crippen LogP contribution >= 0.6 is 0 Å². The number of piperidine rings is 3. The molecule has 0 N–H and O–H groups in total. The van der Waals surface area contributed by atoms with Gasteiger partial charge in [-0.15, -0.1) is 0 Å². The summed E-state index contributed by atoms with van der Waals surface area (Å²) in [6, 6.07) is 5.74. The predicted molar refractivity (Wildman–Crippen MR) is 228 cm³/mol. The molecule has 8 fully saturated rings. The van der Waals surface area contributed by atoms with Crippen molar-refractivity contribution in [2.24, 2.45) is 17.8 Å². The van der Waals surface area contributed by atoms with Gasteiger partial charge in [-0.05, 0) is 164 Å². The van der Waals surface area contributed by atoms with Gasteiger partial charge in [-0.3, -0.25) is 24.5 Å². The molecule has 6 aliphatic heterocycles. The molecular weight excluding hydrogens is 637 g/mol. The Balaban J connectivity index is 0.000000154. The minimum Gasteiger partial charge on any atom is -0.301 e. The van der Waals surface area contributed by atoms with Crippen molar-refractivity contribution >= 4 is 0 Å². The molecule has 0 bridgehead atoms. The molecule has 6 atom stereocenters. The third-order valence-corrected chi connectivity index (χ3v) is 15.0. The molecule has 8 aliphatic rings. The van der Waals surface area contributed by atoms with Crippen molar-refractivity contribution in [2.45, 2.75) is 208 Å². The van der Waals surface area contributed by atoms with Gasteiger partial charge >= 0.3 is 0 Å². The second kappa shape index (κ2) is 22.5. The van der Waals surface area contributed by atoms with E-state index in [0.717, 1.165) is 60.0 Å². The molecule has 0 spiro atoms. The van der Waals surface area contributed by atoms with Crippen molar-refractivity contribution in [3.8, 4) is 0 Å².